The summed E-state index contributed by atoms with van der Waals surface area (Å²) in [5.41, 5.74) is 3.03. The van der Waals surface area contributed by atoms with Crippen molar-refractivity contribution in [3.05, 3.63) is 28.8 Å². The number of aliphatic hydroxyl groups is 1. The predicted octanol–water partition coefficient (Wildman–Crippen LogP) is 2.52. The van der Waals surface area contributed by atoms with Gasteiger partial charge in [0.05, 0.1) is 13.2 Å². The van der Waals surface area contributed by atoms with Gasteiger partial charge in [-0.1, -0.05) is 0 Å². The summed E-state index contributed by atoms with van der Waals surface area (Å²) in [6.07, 6.45) is 1.39. The number of hydrogen-bond donors (Lipinski definition) is 1. The topological polar surface area (TPSA) is 38.7 Å². The Morgan fingerprint density at radius 2 is 2.00 bits per heavy atom. The molecule has 94 valence electrons. The average molecular weight is 236 g/mol. The van der Waals surface area contributed by atoms with Gasteiger partial charge in [-0.3, -0.25) is 0 Å². The zero-order chi connectivity index (χ0) is 12.4. The highest BCUT2D eigenvalue weighted by Crippen LogP contribution is 2.31. The van der Waals surface area contributed by atoms with Gasteiger partial charge in [0.15, 0.2) is 0 Å². The zero-order valence-electron chi connectivity index (χ0n) is 10.7. The number of rotatable bonds is 3. The van der Waals surface area contributed by atoms with Crippen LogP contribution in [0.1, 0.15) is 35.6 Å². The van der Waals surface area contributed by atoms with Gasteiger partial charge in [-0.2, -0.15) is 0 Å². The maximum absolute atomic E-state index is 10.3. The molecule has 2 unspecified atom stereocenters. The Balaban J connectivity index is 2.26. The molecule has 1 aliphatic heterocycles. The van der Waals surface area contributed by atoms with Gasteiger partial charge in [0.25, 0.3) is 0 Å². The summed E-state index contributed by atoms with van der Waals surface area (Å²) in [6.45, 7) is 4.75. The monoisotopic (exact) mass is 236 g/mol. The smallest absolute Gasteiger partial charge is 0.124 e. The summed E-state index contributed by atoms with van der Waals surface area (Å²) in [5.74, 6) is 0.897. The van der Waals surface area contributed by atoms with E-state index in [1.165, 1.54) is 0 Å². The molecule has 1 aliphatic rings. The maximum Gasteiger partial charge on any atom is 0.124 e. The highest BCUT2D eigenvalue weighted by Gasteiger charge is 2.26. The molecule has 0 spiro atoms. The molecule has 1 aromatic carbocycles. The molecule has 1 fully saturated rings. The molecule has 3 heteroatoms. The van der Waals surface area contributed by atoms with E-state index in [9.17, 15) is 5.11 Å². The third-order valence-corrected chi connectivity index (χ3v) is 3.35. The second-order valence-electron chi connectivity index (χ2n) is 4.68. The molecular weight excluding hydrogens is 216 g/mol. The van der Waals surface area contributed by atoms with Crippen molar-refractivity contribution < 1.29 is 14.6 Å². The second-order valence-corrected chi connectivity index (χ2v) is 4.68. The van der Waals surface area contributed by atoms with Crippen molar-refractivity contribution in [2.24, 2.45) is 0 Å². The van der Waals surface area contributed by atoms with Crippen molar-refractivity contribution in [3.8, 4) is 5.75 Å². The minimum Gasteiger partial charge on any atom is -0.496 e. The molecule has 2 atom stereocenters. The van der Waals surface area contributed by atoms with Crippen LogP contribution in [0.4, 0.5) is 0 Å². The van der Waals surface area contributed by atoms with Crippen molar-refractivity contribution in [1.82, 2.24) is 0 Å². The van der Waals surface area contributed by atoms with E-state index >= 15 is 0 Å². The molecule has 0 aromatic heterocycles. The zero-order valence-corrected chi connectivity index (χ0v) is 10.7. The van der Waals surface area contributed by atoms with Crippen LogP contribution in [0.3, 0.4) is 0 Å². The lowest BCUT2D eigenvalue weighted by molar-refractivity contribution is -0.00265. The van der Waals surface area contributed by atoms with Crippen LogP contribution in [0, 0.1) is 13.8 Å². The Morgan fingerprint density at radius 1 is 1.35 bits per heavy atom. The SMILES string of the molecule is COc1c(C)cc(C(O)C2CCCO2)cc1C. The first-order chi connectivity index (χ1) is 8.13. The molecular formula is C14H20O3. The number of aryl methyl sites for hydroxylation is 2. The Morgan fingerprint density at radius 3 is 2.47 bits per heavy atom. The van der Waals surface area contributed by atoms with Crippen LogP contribution in [-0.2, 0) is 4.74 Å². The van der Waals surface area contributed by atoms with E-state index in [0.717, 1.165) is 41.9 Å². The molecule has 0 saturated carbocycles. The number of benzene rings is 1. The minimum atomic E-state index is -0.527. The molecule has 0 bridgehead atoms. The third kappa shape index (κ3) is 2.45. The average Bonchev–Trinajstić information content (AvgIpc) is 2.81. The Kier molecular flexibility index (Phi) is 3.69. The van der Waals surface area contributed by atoms with E-state index in [1.54, 1.807) is 7.11 Å². The molecule has 0 aliphatic carbocycles. The maximum atomic E-state index is 10.3. The van der Waals surface area contributed by atoms with Gasteiger partial charge in [0, 0.05) is 6.61 Å². The van der Waals surface area contributed by atoms with Crippen LogP contribution < -0.4 is 4.74 Å². The van der Waals surface area contributed by atoms with Gasteiger partial charge in [0.2, 0.25) is 0 Å². The molecule has 0 amide bonds. The van der Waals surface area contributed by atoms with Crippen LogP contribution in [0.15, 0.2) is 12.1 Å². The Hall–Kier alpha value is -1.06. The fraction of sp³-hybridized carbons (Fsp3) is 0.571. The van der Waals surface area contributed by atoms with Gasteiger partial charge in [-0.05, 0) is 55.5 Å². The quantitative estimate of drug-likeness (QED) is 0.876. The fourth-order valence-electron chi connectivity index (χ4n) is 2.54. The van der Waals surface area contributed by atoms with Gasteiger partial charge >= 0.3 is 0 Å². The summed E-state index contributed by atoms with van der Waals surface area (Å²) in [5, 5.41) is 10.3. The van der Waals surface area contributed by atoms with Gasteiger partial charge in [-0.15, -0.1) is 0 Å². The van der Waals surface area contributed by atoms with E-state index < -0.39 is 6.10 Å². The molecule has 1 aromatic rings. The van der Waals surface area contributed by atoms with E-state index in [2.05, 4.69) is 0 Å². The number of methoxy groups -OCH3 is 1. The number of aliphatic hydroxyl groups excluding tert-OH is 1. The van der Waals surface area contributed by atoms with Gasteiger partial charge < -0.3 is 14.6 Å². The van der Waals surface area contributed by atoms with Crippen LogP contribution in [0.25, 0.3) is 0 Å². The molecule has 1 saturated heterocycles. The van der Waals surface area contributed by atoms with Crippen molar-refractivity contribution >= 4 is 0 Å². The molecule has 0 radical (unpaired) electrons. The van der Waals surface area contributed by atoms with Crippen molar-refractivity contribution in [2.45, 2.75) is 38.9 Å². The fourth-order valence-corrected chi connectivity index (χ4v) is 2.54. The lowest BCUT2D eigenvalue weighted by Gasteiger charge is -2.20. The first kappa shape index (κ1) is 12.4. The van der Waals surface area contributed by atoms with Gasteiger partial charge in [0.1, 0.15) is 11.9 Å². The van der Waals surface area contributed by atoms with Crippen LogP contribution in [0.5, 0.6) is 5.75 Å². The molecule has 1 N–H and O–H groups in total. The molecule has 3 nitrogen and oxygen atoms in total. The first-order valence-electron chi connectivity index (χ1n) is 6.08. The number of hydrogen-bond acceptors (Lipinski definition) is 3. The lowest BCUT2D eigenvalue weighted by atomic mass is 9.97. The van der Waals surface area contributed by atoms with Crippen LogP contribution in [-0.4, -0.2) is 24.9 Å². The summed E-state index contributed by atoms with van der Waals surface area (Å²) >= 11 is 0. The van der Waals surface area contributed by atoms with Gasteiger partial charge in [-0.25, -0.2) is 0 Å². The standard InChI is InChI=1S/C14H20O3/c1-9-7-11(8-10(2)14(9)16-3)13(15)12-5-4-6-17-12/h7-8,12-13,15H,4-6H2,1-3H3. The molecule has 1 heterocycles. The Labute approximate surface area is 102 Å². The lowest BCUT2D eigenvalue weighted by Crippen LogP contribution is -2.17. The second kappa shape index (κ2) is 5.07. The van der Waals surface area contributed by atoms with Crippen molar-refractivity contribution in [1.29, 1.82) is 0 Å². The van der Waals surface area contributed by atoms with Crippen molar-refractivity contribution in [2.75, 3.05) is 13.7 Å². The highest BCUT2D eigenvalue weighted by atomic mass is 16.5. The van der Waals surface area contributed by atoms with E-state index in [4.69, 9.17) is 9.47 Å². The Bertz CT molecular complexity index is 371. The normalized spacial score (nSPS) is 21.5. The highest BCUT2D eigenvalue weighted by molar-refractivity contribution is 5.44. The van der Waals surface area contributed by atoms with Crippen molar-refractivity contribution in [3.63, 3.8) is 0 Å². The summed E-state index contributed by atoms with van der Waals surface area (Å²) < 4.78 is 10.8. The summed E-state index contributed by atoms with van der Waals surface area (Å²) in [7, 11) is 1.67. The van der Waals surface area contributed by atoms with E-state index in [-0.39, 0.29) is 6.10 Å². The number of ether oxygens (including phenoxy) is 2. The van der Waals surface area contributed by atoms with Crippen LogP contribution in [0.2, 0.25) is 0 Å². The summed E-state index contributed by atoms with van der Waals surface area (Å²) in [4.78, 5) is 0. The summed E-state index contributed by atoms with van der Waals surface area (Å²) in [6, 6.07) is 3.97. The third-order valence-electron chi connectivity index (χ3n) is 3.35. The van der Waals surface area contributed by atoms with E-state index in [0.29, 0.717) is 0 Å². The van der Waals surface area contributed by atoms with E-state index in [1.807, 2.05) is 26.0 Å². The predicted molar refractivity (Wildman–Crippen MR) is 66.4 cm³/mol. The largest absolute Gasteiger partial charge is 0.496 e. The molecule has 17 heavy (non-hydrogen) atoms. The minimum absolute atomic E-state index is 0.0535. The van der Waals surface area contributed by atoms with Crippen LogP contribution >= 0.6 is 0 Å². The molecule has 2 rings (SSSR count). The first-order valence-corrected chi connectivity index (χ1v) is 6.08.